The van der Waals surface area contributed by atoms with Gasteiger partial charge in [0.1, 0.15) is 0 Å². The molecule has 1 N–H and O–H groups in total. The average molecular weight is 273 g/mol. The molecule has 17 heavy (non-hydrogen) atoms. The minimum Gasteiger partial charge on any atom is -0.408 e. The first kappa shape index (κ1) is 12.3. The Morgan fingerprint density at radius 1 is 1.41 bits per heavy atom. The zero-order chi connectivity index (χ0) is 12.1. The Morgan fingerprint density at radius 2 is 2.29 bits per heavy atom. The molecule has 0 aliphatic carbocycles. The highest BCUT2D eigenvalue weighted by atomic mass is 35.5. The molecule has 2 aromatic heterocycles. The van der Waals surface area contributed by atoms with Gasteiger partial charge in [0.05, 0.1) is 5.01 Å². The quantitative estimate of drug-likeness (QED) is 0.818. The number of hydrogen-bond donors (Lipinski definition) is 1. The Balaban J connectivity index is 1.77. The monoisotopic (exact) mass is 272 g/mol. The molecule has 0 saturated carbocycles. The summed E-state index contributed by atoms with van der Waals surface area (Å²) in [5.41, 5.74) is 1.06. The van der Waals surface area contributed by atoms with Crippen LogP contribution in [0, 0.1) is 6.92 Å². The summed E-state index contributed by atoms with van der Waals surface area (Å²) in [5, 5.41) is 13.9. The molecule has 2 heterocycles. The van der Waals surface area contributed by atoms with Crippen molar-refractivity contribution in [1.29, 1.82) is 0 Å². The maximum atomic E-state index is 5.58. The molecule has 0 amide bonds. The van der Waals surface area contributed by atoms with E-state index in [1.54, 1.807) is 11.3 Å². The fraction of sp³-hybridized carbons (Fsp3) is 0.500. The zero-order valence-corrected chi connectivity index (χ0v) is 11.0. The molecule has 7 heteroatoms. The molecule has 0 radical (unpaired) electrons. The lowest BCUT2D eigenvalue weighted by Crippen LogP contribution is -2.04. The van der Waals surface area contributed by atoms with Gasteiger partial charge in [-0.15, -0.1) is 28.0 Å². The SMILES string of the molecule is Cc1csc(CCNc2nnc(CCCl)o2)n1. The van der Waals surface area contributed by atoms with Crippen LogP contribution < -0.4 is 5.32 Å². The molecule has 0 spiro atoms. The summed E-state index contributed by atoms with van der Waals surface area (Å²) in [4.78, 5) is 4.37. The summed E-state index contributed by atoms with van der Waals surface area (Å²) in [7, 11) is 0. The normalized spacial score (nSPS) is 10.7. The summed E-state index contributed by atoms with van der Waals surface area (Å²) in [5.74, 6) is 1.05. The van der Waals surface area contributed by atoms with E-state index in [1.807, 2.05) is 12.3 Å². The highest BCUT2D eigenvalue weighted by molar-refractivity contribution is 7.09. The molecule has 5 nitrogen and oxygen atoms in total. The van der Waals surface area contributed by atoms with Crippen molar-refractivity contribution in [2.24, 2.45) is 0 Å². The second kappa shape index (κ2) is 5.97. The number of rotatable bonds is 6. The number of nitrogens with zero attached hydrogens (tertiary/aromatic N) is 3. The maximum absolute atomic E-state index is 5.58. The Morgan fingerprint density at radius 3 is 3.00 bits per heavy atom. The van der Waals surface area contributed by atoms with E-state index in [9.17, 15) is 0 Å². The van der Waals surface area contributed by atoms with Gasteiger partial charge >= 0.3 is 6.01 Å². The lowest BCUT2D eigenvalue weighted by atomic mass is 10.4. The van der Waals surface area contributed by atoms with Gasteiger partial charge in [-0.3, -0.25) is 0 Å². The number of aryl methyl sites for hydroxylation is 2. The van der Waals surface area contributed by atoms with Gasteiger partial charge in [-0.1, -0.05) is 5.10 Å². The number of nitrogens with one attached hydrogen (secondary N) is 1. The minimum absolute atomic E-state index is 0.443. The molecule has 2 rings (SSSR count). The molecule has 0 bridgehead atoms. The maximum Gasteiger partial charge on any atom is 0.315 e. The largest absolute Gasteiger partial charge is 0.408 e. The van der Waals surface area contributed by atoms with E-state index >= 15 is 0 Å². The molecule has 0 aliphatic heterocycles. The van der Waals surface area contributed by atoms with E-state index in [4.69, 9.17) is 16.0 Å². The van der Waals surface area contributed by atoms with E-state index < -0.39 is 0 Å². The topological polar surface area (TPSA) is 63.8 Å². The third kappa shape index (κ3) is 3.67. The van der Waals surface area contributed by atoms with E-state index in [2.05, 4.69) is 20.5 Å². The number of anilines is 1. The number of alkyl halides is 1. The van der Waals surface area contributed by atoms with Crippen molar-refractivity contribution < 1.29 is 4.42 Å². The molecule has 0 aromatic carbocycles. The van der Waals surface area contributed by atoms with Crippen molar-refractivity contribution in [3.8, 4) is 0 Å². The van der Waals surface area contributed by atoms with Crippen molar-refractivity contribution in [2.75, 3.05) is 17.7 Å². The highest BCUT2D eigenvalue weighted by Crippen LogP contribution is 2.10. The Hall–Kier alpha value is -1.14. The fourth-order valence-electron chi connectivity index (χ4n) is 1.30. The summed E-state index contributed by atoms with van der Waals surface area (Å²) >= 11 is 7.24. The van der Waals surface area contributed by atoms with E-state index in [1.165, 1.54) is 0 Å². The van der Waals surface area contributed by atoms with Gasteiger partial charge in [0.25, 0.3) is 0 Å². The lowest BCUT2D eigenvalue weighted by molar-refractivity contribution is 0.512. The van der Waals surface area contributed by atoms with Crippen LogP contribution >= 0.6 is 22.9 Å². The average Bonchev–Trinajstić information content (AvgIpc) is 2.89. The van der Waals surface area contributed by atoms with Crippen molar-refractivity contribution in [2.45, 2.75) is 19.8 Å². The molecule has 0 fully saturated rings. The first-order valence-corrected chi connectivity index (χ1v) is 6.72. The molecule has 2 aromatic rings. The third-order valence-corrected chi connectivity index (χ3v) is 3.27. The Labute approximate surface area is 108 Å². The lowest BCUT2D eigenvalue weighted by Gasteiger charge is -1.97. The van der Waals surface area contributed by atoms with E-state index in [-0.39, 0.29) is 0 Å². The minimum atomic E-state index is 0.443. The van der Waals surface area contributed by atoms with Crippen LogP contribution in [-0.4, -0.2) is 27.6 Å². The fourth-order valence-corrected chi connectivity index (χ4v) is 2.24. The number of halogens is 1. The third-order valence-electron chi connectivity index (χ3n) is 2.06. The number of thiazole rings is 1. The van der Waals surface area contributed by atoms with Crippen LogP contribution in [0.25, 0.3) is 0 Å². The van der Waals surface area contributed by atoms with Crippen molar-refractivity contribution >= 4 is 29.0 Å². The smallest absolute Gasteiger partial charge is 0.315 e. The van der Waals surface area contributed by atoms with Gasteiger partial charge in [0.2, 0.25) is 5.89 Å². The summed E-state index contributed by atoms with van der Waals surface area (Å²) in [6.07, 6.45) is 1.45. The van der Waals surface area contributed by atoms with Gasteiger partial charge in [-0.2, -0.15) is 0 Å². The second-order valence-electron chi connectivity index (χ2n) is 3.50. The first-order chi connectivity index (χ1) is 8.28. The van der Waals surface area contributed by atoms with Crippen molar-refractivity contribution in [3.63, 3.8) is 0 Å². The molecular formula is C10H13ClN4OS. The van der Waals surface area contributed by atoms with Crippen LogP contribution in [0.15, 0.2) is 9.80 Å². The molecule has 92 valence electrons. The molecule has 0 atom stereocenters. The predicted molar refractivity (Wildman–Crippen MR) is 67.8 cm³/mol. The standard InChI is InChI=1S/C10H13ClN4OS/c1-7-6-17-9(13-7)3-5-12-10-15-14-8(16-10)2-4-11/h6H,2-5H2,1H3,(H,12,15). The molecule has 0 saturated heterocycles. The van der Waals surface area contributed by atoms with Crippen molar-refractivity contribution in [1.82, 2.24) is 15.2 Å². The van der Waals surface area contributed by atoms with Crippen LogP contribution in [0.5, 0.6) is 0 Å². The van der Waals surface area contributed by atoms with Gasteiger partial charge in [0, 0.05) is 36.3 Å². The van der Waals surface area contributed by atoms with Crippen LogP contribution in [-0.2, 0) is 12.8 Å². The van der Waals surface area contributed by atoms with E-state index in [0.717, 1.165) is 23.7 Å². The van der Waals surface area contributed by atoms with Gasteiger partial charge in [-0.25, -0.2) is 4.98 Å². The van der Waals surface area contributed by atoms with Gasteiger partial charge < -0.3 is 9.73 Å². The summed E-state index contributed by atoms with van der Waals surface area (Å²) in [6, 6.07) is 0.443. The summed E-state index contributed by atoms with van der Waals surface area (Å²) in [6.45, 7) is 2.72. The number of hydrogen-bond acceptors (Lipinski definition) is 6. The van der Waals surface area contributed by atoms with Crippen molar-refractivity contribution in [3.05, 3.63) is 22.0 Å². The number of aromatic nitrogens is 3. The molecule has 0 unspecified atom stereocenters. The van der Waals surface area contributed by atoms with Crippen LogP contribution in [0.1, 0.15) is 16.6 Å². The molecule has 0 aliphatic rings. The van der Waals surface area contributed by atoms with Crippen LogP contribution in [0.4, 0.5) is 6.01 Å². The Kier molecular flexibility index (Phi) is 4.33. The van der Waals surface area contributed by atoms with Crippen LogP contribution in [0.2, 0.25) is 0 Å². The zero-order valence-electron chi connectivity index (χ0n) is 9.44. The highest BCUT2D eigenvalue weighted by Gasteiger charge is 2.05. The second-order valence-corrected chi connectivity index (χ2v) is 4.82. The molecular weight excluding hydrogens is 260 g/mol. The predicted octanol–water partition coefficient (Wildman–Crippen LogP) is 2.27. The summed E-state index contributed by atoms with van der Waals surface area (Å²) < 4.78 is 5.33. The first-order valence-electron chi connectivity index (χ1n) is 5.31. The van der Waals surface area contributed by atoms with E-state index in [0.29, 0.717) is 24.2 Å². The Bertz CT molecular complexity index is 470. The van der Waals surface area contributed by atoms with Gasteiger partial charge in [-0.05, 0) is 6.92 Å². The van der Waals surface area contributed by atoms with Crippen LogP contribution in [0.3, 0.4) is 0 Å². The van der Waals surface area contributed by atoms with Gasteiger partial charge in [0.15, 0.2) is 0 Å².